The summed E-state index contributed by atoms with van der Waals surface area (Å²) in [5, 5.41) is 12.7. The number of aliphatic carboxylic acids is 1. The first-order valence-corrected chi connectivity index (χ1v) is 13.2. The van der Waals surface area contributed by atoms with Gasteiger partial charge in [-0.15, -0.1) is 0 Å². The minimum atomic E-state index is -1.14. The van der Waals surface area contributed by atoms with Gasteiger partial charge >= 0.3 is 12.1 Å². The van der Waals surface area contributed by atoms with Crippen LogP contribution in [0, 0.1) is 23.7 Å². The maximum atomic E-state index is 14.2. The van der Waals surface area contributed by atoms with Crippen molar-refractivity contribution < 1.29 is 24.2 Å². The normalized spacial score (nSPS) is 29.4. The third kappa shape index (κ3) is 5.10. The second-order valence-corrected chi connectivity index (χ2v) is 12.2. The van der Waals surface area contributed by atoms with E-state index in [1.807, 2.05) is 51.1 Å². The molecule has 5 rings (SSSR count). The summed E-state index contributed by atoms with van der Waals surface area (Å²) in [5.41, 5.74) is -0.862. The quantitative estimate of drug-likeness (QED) is 0.565. The van der Waals surface area contributed by atoms with Gasteiger partial charge in [0, 0.05) is 44.6 Å². The molecule has 5 atom stereocenters. The molecule has 4 aliphatic rings. The zero-order valence-corrected chi connectivity index (χ0v) is 22.2. The molecule has 4 bridgehead atoms. The van der Waals surface area contributed by atoms with Crippen LogP contribution in [-0.4, -0.2) is 69.7 Å². The monoisotopic (exact) mass is 499 g/mol. The maximum absolute atomic E-state index is 14.2. The Balaban J connectivity index is 1.73. The molecule has 2 N–H and O–H groups in total. The minimum Gasteiger partial charge on any atom is -0.481 e. The highest BCUT2D eigenvalue weighted by Crippen LogP contribution is 2.57. The number of carboxylic acids is 1. The van der Waals surface area contributed by atoms with Crippen molar-refractivity contribution in [1.29, 1.82) is 0 Å². The number of amides is 2. The molecule has 1 aromatic rings. The standard InChI is InChI=1S/C28H41N3O5/c1-18(2)15-30-16-20-13-28(25(34)29-14-19-9-7-6-8-10-19)22(11-12-23(32)33)24(30)21(20)17-31(28)26(35)36-27(3,4)5/h6-10,18,20-22,24H,11-17H2,1-5H3,(H,29,34)(H,32,33)/t20-,21-,22+,24-,28+/m1/s1. The summed E-state index contributed by atoms with van der Waals surface area (Å²) in [6.07, 6.45) is 0.351. The average Bonchev–Trinajstić information content (AvgIpc) is 3.06. The Kier molecular flexibility index (Phi) is 7.37. The van der Waals surface area contributed by atoms with E-state index in [-0.39, 0.29) is 36.1 Å². The second-order valence-electron chi connectivity index (χ2n) is 12.2. The van der Waals surface area contributed by atoms with Crippen molar-refractivity contribution in [2.24, 2.45) is 23.7 Å². The van der Waals surface area contributed by atoms with Crippen LogP contribution in [0.5, 0.6) is 0 Å². The Bertz CT molecular complexity index is 975. The first-order valence-electron chi connectivity index (χ1n) is 13.2. The largest absolute Gasteiger partial charge is 0.481 e. The fourth-order valence-electron chi connectivity index (χ4n) is 6.87. The number of carbonyl (C=O) groups excluding carboxylic acids is 2. The Morgan fingerprint density at radius 3 is 2.47 bits per heavy atom. The third-order valence-corrected chi connectivity index (χ3v) is 7.98. The maximum Gasteiger partial charge on any atom is 0.411 e. The minimum absolute atomic E-state index is 0.0378. The number of likely N-dealkylation sites (tertiary alicyclic amines) is 1. The molecule has 2 amide bonds. The van der Waals surface area contributed by atoms with Gasteiger partial charge in [-0.1, -0.05) is 44.2 Å². The second kappa shape index (κ2) is 10.0. The lowest BCUT2D eigenvalue weighted by Crippen LogP contribution is -2.76. The van der Waals surface area contributed by atoms with Crippen LogP contribution in [0.3, 0.4) is 0 Å². The molecule has 1 aliphatic carbocycles. The molecule has 4 fully saturated rings. The van der Waals surface area contributed by atoms with Gasteiger partial charge in [0.2, 0.25) is 5.91 Å². The van der Waals surface area contributed by atoms with E-state index >= 15 is 0 Å². The van der Waals surface area contributed by atoms with Gasteiger partial charge in [0.05, 0.1) is 0 Å². The number of fused-ring (bicyclic) bond motifs is 1. The smallest absolute Gasteiger partial charge is 0.411 e. The van der Waals surface area contributed by atoms with Crippen molar-refractivity contribution in [1.82, 2.24) is 15.1 Å². The molecule has 8 nitrogen and oxygen atoms in total. The molecule has 1 saturated carbocycles. The lowest BCUT2D eigenvalue weighted by atomic mass is 9.57. The number of hydrogen-bond acceptors (Lipinski definition) is 5. The molecular formula is C28H41N3O5. The molecule has 0 aromatic heterocycles. The van der Waals surface area contributed by atoms with Gasteiger partial charge in [-0.3, -0.25) is 19.4 Å². The predicted octanol–water partition coefficient (Wildman–Crippen LogP) is 3.75. The van der Waals surface area contributed by atoms with Gasteiger partial charge in [-0.2, -0.15) is 0 Å². The topological polar surface area (TPSA) is 99.2 Å². The van der Waals surface area contributed by atoms with Crippen LogP contribution in [0.1, 0.15) is 59.4 Å². The Morgan fingerprint density at radius 2 is 1.86 bits per heavy atom. The molecule has 0 spiro atoms. The van der Waals surface area contributed by atoms with Crippen molar-refractivity contribution in [3.05, 3.63) is 35.9 Å². The van der Waals surface area contributed by atoms with Gasteiger partial charge in [0.25, 0.3) is 0 Å². The predicted molar refractivity (Wildman–Crippen MR) is 136 cm³/mol. The van der Waals surface area contributed by atoms with Crippen LogP contribution in [0.2, 0.25) is 0 Å². The van der Waals surface area contributed by atoms with Gasteiger partial charge in [0.1, 0.15) is 11.1 Å². The summed E-state index contributed by atoms with van der Waals surface area (Å²) in [6.45, 7) is 12.4. The number of ether oxygens (including phenoxy) is 1. The molecule has 0 radical (unpaired) electrons. The number of benzene rings is 1. The third-order valence-electron chi connectivity index (χ3n) is 7.98. The van der Waals surface area contributed by atoms with Crippen molar-refractivity contribution >= 4 is 18.0 Å². The van der Waals surface area contributed by atoms with E-state index in [0.717, 1.165) is 18.7 Å². The van der Waals surface area contributed by atoms with Crippen LogP contribution in [0.4, 0.5) is 4.79 Å². The number of nitrogens with one attached hydrogen (secondary N) is 1. The first kappa shape index (κ1) is 26.5. The molecular weight excluding hydrogens is 458 g/mol. The van der Waals surface area contributed by atoms with Crippen LogP contribution < -0.4 is 5.32 Å². The Labute approximate surface area is 214 Å². The van der Waals surface area contributed by atoms with Crippen molar-refractivity contribution in [2.75, 3.05) is 19.6 Å². The number of carboxylic acid groups (broad SMARTS) is 1. The van der Waals surface area contributed by atoms with Crippen molar-refractivity contribution in [2.45, 2.75) is 77.6 Å². The van der Waals surface area contributed by atoms with E-state index in [2.05, 4.69) is 24.1 Å². The average molecular weight is 500 g/mol. The van der Waals surface area contributed by atoms with Gasteiger partial charge in [-0.25, -0.2) is 4.79 Å². The number of carbonyl (C=O) groups is 3. The van der Waals surface area contributed by atoms with E-state index in [9.17, 15) is 19.5 Å². The molecule has 3 heterocycles. The fraction of sp³-hybridized carbons (Fsp3) is 0.679. The molecule has 3 aliphatic heterocycles. The van der Waals surface area contributed by atoms with Crippen LogP contribution in [0.25, 0.3) is 0 Å². The van der Waals surface area contributed by atoms with E-state index in [1.54, 1.807) is 4.90 Å². The molecule has 0 unspecified atom stereocenters. The van der Waals surface area contributed by atoms with Gasteiger partial charge in [0.15, 0.2) is 0 Å². The summed E-state index contributed by atoms with van der Waals surface area (Å²) in [4.78, 5) is 43.6. The highest BCUT2D eigenvalue weighted by Gasteiger charge is 2.69. The summed E-state index contributed by atoms with van der Waals surface area (Å²) in [7, 11) is 0. The Hall–Kier alpha value is -2.61. The highest BCUT2D eigenvalue weighted by molar-refractivity contribution is 5.91. The Morgan fingerprint density at radius 1 is 1.17 bits per heavy atom. The lowest BCUT2D eigenvalue weighted by molar-refractivity contribution is -0.160. The zero-order chi connectivity index (χ0) is 26.3. The first-order chi connectivity index (χ1) is 16.9. The summed E-state index contributed by atoms with van der Waals surface area (Å²) in [6, 6.07) is 9.77. The van der Waals surface area contributed by atoms with E-state index in [1.165, 1.54) is 0 Å². The van der Waals surface area contributed by atoms with Crippen molar-refractivity contribution in [3.8, 4) is 0 Å². The number of hydrogen-bond donors (Lipinski definition) is 2. The summed E-state index contributed by atoms with van der Waals surface area (Å²) in [5.74, 6) is -0.423. The molecule has 36 heavy (non-hydrogen) atoms. The van der Waals surface area contributed by atoms with Gasteiger partial charge < -0.3 is 15.2 Å². The van der Waals surface area contributed by atoms with Crippen LogP contribution >= 0.6 is 0 Å². The SMILES string of the molecule is CC(C)CN1C[C@H]2C[C@@]3(C(=O)NCc4ccccc4)[C@@H](CCC(=O)O)[C@H]1[C@@H]2CN3C(=O)OC(C)(C)C. The van der Waals surface area contributed by atoms with Crippen LogP contribution in [-0.2, 0) is 20.9 Å². The van der Waals surface area contributed by atoms with E-state index < -0.39 is 23.2 Å². The number of nitrogens with zero attached hydrogens (tertiary/aromatic N) is 2. The highest BCUT2D eigenvalue weighted by atomic mass is 16.6. The molecule has 198 valence electrons. The van der Waals surface area contributed by atoms with Gasteiger partial charge in [-0.05, 0) is 56.9 Å². The van der Waals surface area contributed by atoms with Crippen LogP contribution in [0.15, 0.2) is 30.3 Å². The fourth-order valence-corrected chi connectivity index (χ4v) is 6.87. The molecule has 1 aromatic carbocycles. The molecule has 8 heteroatoms. The van der Waals surface area contributed by atoms with Crippen molar-refractivity contribution in [3.63, 3.8) is 0 Å². The number of rotatable bonds is 8. The lowest BCUT2D eigenvalue weighted by Gasteiger charge is -2.60. The molecule has 3 saturated heterocycles. The number of piperidine rings is 2. The van der Waals surface area contributed by atoms with E-state index in [0.29, 0.717) is 31.8 Å². The zero-order valence-electron chi connectivity index (χ0n) is 22.2. The van der Waals surface area contributed by atoms with E-state index in [4.69, 9.17) is 4.74 Å². The summed E-state index contributed by atoms with van der Waals surface area (Å²) < 4.78 is 5.80. The summed E-state index contributed by atoms with van der Waals surface area (Å²) >= 11 is 0.